The van der Waals surface area contributed by atoms with Gasteiger partial charge in [0.2, 0.25) is 0 Å². The molecule has 4 rings (SSSR count). The normalized spacial score (nSPS) is 14.5. The van der Waals surface area contributed by atoms with E-state index < -0.39 is 23.2 Å². The van der Waals surface area contributed by atoms with Crippen LogP contribution in [0.4, 0.5) is 8.78 Å². The molecule has 0 aliphatic heterocycles. The molecule has 0 saturated heterocycles. The minimum Gasteiger partial charge on any atom is -0.382 e. The van der Waals surface area contributed by atoms with Crippen LogP contribution < -0.4 is 0 Å². The molecule has 1 N–H and O–H groups in total. The van der Waals surface area contributed by atoms with Crippen LogP contribution in [0.25, 0.3) is 5.69 Å². The highest BCUT2D eigenvalue weighted by molar-refractivity contribution is 5.34. The van der Waals surface area contributed by atoms with Crippen LogP contribution in [-0.2, 0) is 12.1 Å². The predicted molar refractivity (Wildman–Crippen MR) is 100 cm³/mol. The molecule has 0 bridgehead atoms. The number of pyridine rings is 1. The zero-order valence-corrected chi connectivity index (χ0v) is 15.5. The first-order valence-corrected chi connectivity index (χ1v) is 8.92. The van der Waals surface area contributed by atoms with Crippen LogP contribution in [0.15, 0.2) is 67.9 Å². The molecule has 9 heteroatoms. The summed E-state index contributed by atoms with van der Waals surface area (Å²) in [5.41, 5.74) is -0.441. The fraction of sp³-hybridized carbons (Fsp3) is 0.200. The van der Waals surface area contributed by atoms with Crippen molar-refractivity contribution >= 4 is 0 Å². The van der Waals surface area contributed by atoms with Crippen molar-refractivity contribution in [2.45, 2.75) is 25.0 Å². The Morgan fingerprint density at radius 3 is 2.62 bits per heavy atom. The van der Waals surface area contributed by atoms with Gasteiger partial charge in [-0.15, -0.1) is 0 Å². The van der Waals surface area contributed by atoms with E-state index in [1.165, 1.54) is 23.4 Å². The summed E-state index contributed by atoms with van der Waals surface area (Å²) < 4.78 is 31.3. The van der Waals surface area contributed by atoms with E-state index >= 15 is 0 Å². The molecule has 7 nitrogen and oxygen atoms in total. The number of aliphatic hydroxyl groups is 1. The molecule has 0 fully saturated rings. The predicted octanol–water partition coefficient (Wildman–Crippen LogP) is 2.83. The van der Waals surface area contributed by atoms with Gasteiger partial charge in [0.05, 0.1) is 24.8 Å². The second kappa shape index (κ2) is 7.51. The summed E-state index contributed by atoms with van der Waals surface area (Å²) in [5, 5.41) is 15.6. The maximum absolute atomic E-state index is 14.6. The van der Waals surface area contributed by atoms with Gasteiger partial charge in [0.1, 0.15) is 29.9 Å². The highest BCUT2D eigenvalue weighted by Gasteiger charge is 2.40. The van der Waals surface area contributed by atoms with Crippen molar-refractivity contribution in [3.63, 3.8) is 0 Å². The fourth-order valence-electron chi connectivity index (χ4n) is 3.32. The van der Waals surface area contributed by atoms with E-state index in [0.717, 1.165) is 17.8 Å². The lowest BCUT2D eigenvalue weighted by Crippen LogP contribution is -2.38. The van der Waals surface area contributed by atoms with Gasteiger partial charge in [-0.05, 0) is 18.2 Å². The first kappa shape index (κ1) is 18.9. The molecular formula is C20H18F2N6O. The standard InChI is InChI=1S/C20H18F2N6O/c1-14(19-5-3-16(9-25-19)27-7-6-23-12-27)20(29,10-28-13-24-11-26-28)17-4-2-15(21)8-18(17)22/h2-9,11-14,29H,10H2,1H3/t14-,20+/m1/s1. The largest absolute Gasteiger partial charge is 0.382 e. The Labute approximate surface area is 165 Å². The Kier molecular flexibility index (Phi) is 4.89. The average molecular weight is 396 g/mol. The summed E-state index contributed by atoms with van der Waals surface area (Å²) in [5.74, 6) is -2.19. The molecule has 0 amide bonds. The van der Waals surface area contributed by atoms with Crippen molar-refractivity contribution in [2.24, 2.45) is 0 Å². The van der Waals surface area contributed by atoms with Gasteiger partial charge in [0.15, 0.2) is 0 Å². The van der Waals surface area contributed by atoms with E-state index in [1.54, 1.807) is 42.5 Å². The number of imidazole rings is 1. The van der Waals surface area contributed by atoms with Gasteiger partial charge in [-0.2, -0.15) is 5.10 Å². The maximum atomic E-state index is 14.6. The number of nitrogens with zero attached hydrogens (tertiary/aromatic N) is 6. The molecule has 0 radical (unpaired) electrons. The van der Waals surface area contributed by atoms with Crippen LogP contribution in [-0.4, -0.2) is 34.4 Å². The zero-order valence-electron chi connectivity index (χ0n) is 15.5. The Hall–Kier alpha value is -3.46. The van der Waals surface area contributed by atoms with Crippen molar-refractivity contribution in [3.05, 3.63) is 90.8 Å². The molecule has 2 atom stereocenters. The van der Waals surface area contributed by atoms with Gasteiger partial charge in [-0.1, -0.05) is 13.0 Å². The lowest BCUT2D eigenvalue weighted by Gasteiger charge is -2.34. The van der Waals surface area contributed by atoms with Gasteiger partial charge in [0, 0.05) is 35.6 Å². The van der Waals surface area contributed by atoms with Crippen LogP contribution in [0.3, 0.4) is 0 Å². The van der Waals surface area contributed by atoms with Crippen molar-refractivity contribution in [3.8, 4) is 5.69 Å². The molecule has 148 valence electrons. The first-order valence-electron chi connectivity index (χ1n) is 8.92. The second-order valence-corrected chi connectivity index (χ2v) is 6.77. The lowest BCUT2D eigenvalue weighted by atomic mass is 9.79. The molecular weight excluding hydrogens is 378 g/mol. The highest BCUT2D eigenvalue weighted by atomic mass is 19.1. The first-order chi connectivity index (χ1) is 14.0. The monoisotopic (exact) mass is 396 g/mol. The summed E-state index contributed by atoms with van der Waals surface area (Å²) in [6, 6.07) is 6.71. The Bertz CT molecular complexity index is 1080. The molecule has 0 aliphatic carbocycles. The third-order valence-corrected chi connectivity index (χ3v) is 5.00. The third-order valence-electron chi connectivity index (χ3n) is 5.00. The van der Waals surface area contributed by atoms with E-state index in [-0.39, 0.29) is 12.1 Å². The van der Waals surface area contributed by atoms with Crippen LogP contribution in [0.5, 0.6) is 0 Å². The zero-order chi connectivity index (χ0) is 20.4. The summed E-state index contributed by atoms with van der Waals surface area (Å²) >= 11 is 0. The fourth-order valence-corrected chi connectivity index (χ4v) is 3.32. The highest BCUT2D eigenvalue weighted by Crippen LogP contribution is 2.39. The number of hydrogen-bond acceptors (Lipinski definition) is 5. The number of aromatic nitrogens is 6. The summed E-state index contributed by atoms with van der Waals surface area (Å²) in [6.07, 6.45) is 9.48. The minimum absolute atomic E-state index is 0.0395. The summed E-state index contributed by atoms with van der Waals surface area (Å²) in [7, 11) is 0. The number of rotatable bonds is 6. The number of benzene rings is 1. The van der Waals surface area contributed by atoms with E-state index in [0.29, 0.717) is 5.69 Å². The lowest BCUT2D eigenvalue weighted by molar-refractivity contribution is -0.0123. The molecule has 0 aliphatic rings. The minimum atomic E-state index is -1.74. The Balaban J connectivity index is 1.74. The number of hydrogen-bond donors (Lipinski definition) is 1. The molecule has 0 unspecified atom stereocenters. The SMILES string of the molecule is C[C@H](c1ccc(-n2ccnc2)cn1)[C@@](O)(Cn1cncn1)c1ccc(F)cc1F. The quantitative estimate of drug-likeness (QED) is 0.542. The van der Waals surface area contributed by atoms with Crippen molar-refractivity contribution in [2.75, 3.05) is 0 Å². The van der Waals surface area contributed by atoms with Crippen LogP contribution in [0.2, 0.25) is 0 Å². The molecule has 0 spiro atoms. The van der Waals surface area contributed by atoms with Gasteiger partial charge in [-0.3, -0.25) is 4.98 Å². The molecule has 1 aromatic carbocycles. The number of halogens is 2. The third kappa shape index (κ3) is 3.64. The molecule has 3 heterocycles. The molecule has 29 heavy (non-hydrogen) atoms. The Morgan fingerprint density at radius 1 is 1.14 bits per heavy atom. The average Bonchev–Trinajstić information content (AvgIpc) is 3.41. The van der Waals surface area contributed by atoms with Gasteiger partial charge >= 0.3 is 0 Å². The van der Waals surface area contributed by atoms with E-state index in [2.05, 4.69) is 20.1 Å². The maximum Gasteiger partial charge on any atom is 0.137 e. The van der Waals surface area contributed by atoms with Crippen LogP contribution in [0, 0.1) is 11.6 Å². The molecule has 4 aromatic rings. The Morgan fingerprint density at radius 2 is 2.00 bits per heavy atom. The topological polar surface area (TPSA) is 81.6 Å². The van der Waals surface area contributed by atoms with Crippen LogP contribution >= 0.6 is 0 Å². The van der Waals surface area contributed by atoms with Gasteiger partial charge < -0.3 is 9.67 Å². The van der Waals surface area contributed by atoms with Crippen molar-refractivity contribution in [1.82, 2.24) is 29.3 Å². The van der Waals surface area contributed by atoms with Gasteiger partial charge in [0.25, 0.3) is 0 Å². The summed E-state index contributed by atoms with van der Waals surface area (Å²) in [6.45, 7) is 1.65. The van der Waals surface area contributed by atoms with Crippen molar-refractivity contribution in [1.29, 1.82) is 0 Å². The van der Waals surface area contributed by atoms with E-state index in [1.807, 2.05) is 6.07 Å². The van der Waals surface area contributed by atoms with Gasteiger partial charge in [-0.25, -0.2) is 23.4 Å². The van der Waals surface area contributed by atoms with E-state index in [9.17, 15) is 13.9 Å². The summed E-state index contributed by atoms with van der Waals surface area (Å²) in [4.78, 5) is 12.3. The van der Waals surface area contributed by atoms with E-state index in [4.69, 9.17) is 0 Å². The second-order valence-electron chi connectivity index (χ2n) is 6.77. The molecule has 3 aromatic heterocycles. The van der Waals surface area contributed by atoms with Crippen LogP contribution in [0.1, 0.15) is 24.1 Å². The molecule has 0 saturated carbocycles. The van der Waals surface area contributed by atoms with Crippen molar-refractivity contribution < 1.29 is 13.9 Å². The smallest absolute Gasteiger partial charge is 0.137 e.